The summed E-state index contributed by atoms with van der Waals surface area (Å²) in [6.07, 6.45) is 3.81. The SMILES string of the molecule is COc1ccnc(NCC2(OC)CCSCC2)n1. The average Bonchev–Trinajstić information content (AvgIpc) is 2.46. The Morgan fingerprint density at radius 1 is 1.39 bits per heavy atom. The highest BCUT2D eigenvalue weighted by Gasteiger charge is 2.32. The van der Waals surface area contributed by atoms with Gasteiger partial charge in [-0.15, -0.1) is 0 Å². The number of nitrogens with zero attached hydrogens (tertiary/aromatic N) is 2. The summed E-state index contributed by atoms with van der Waals surface area (Å²) in [5.74, 6) is 3.45. The van der Waals surface area contributed by atoms with Gasteiger partial charge in [0.2, 0.25) is 11.8 Å². The molecule has 5 nitrogen and oxygen atoms in total. The third-order valence-corrected chi connectivity index (χ3v) is 4.23. The minimum atomic E-state index is -0.0856. The van der Waals surface area contributed by atoms with E-state index in [4.69, 9.17) is 9.47 Å². The molecule has 0 atom stereocenters. The molecule has 0 aromatic carbocycles. The summed E-state index contributed by atoms with van der Waals surface area (Å²) in [6.45, 7) is 0.733. The minimum Gasteiger partial charge on any atom is -0.481 e. The van der Waals surface area contributed by atoms with Crippen molar-refractivity contribution in [3.63, 3.8) is 0 Å². The van der Waals surface area contributed by atoms with Crippen molar-refractivity contribution in [2.75, 3.05) is 37.6 Å². The molecular formula is C12H19N3O2S. The number of rotatable bonds is 5. The topological polar surface area (TPSA) is 56.3 Å². The van der Waals surface area contributed by atoms with E-state index in [0.29, 0.717) is 11.8 Å². The first-order valence-electron chi connectivity index (χ1n) is 6.02. The van der Waals surface area contributed by atoms with E-state index in [1.54, 1.807) is 26.5 Å². The Morgan fingerprint density at radius 3 is 2.83 bits per heavy atom. The number of nitrogens with one attached hydrogen (secondary N) is 1. The minimum absolute atomic E-state index is 0.0856. The van der Waals surface area contributed by atoms with Gasteiger partial charge in [0.05, 0.1) is 12.7 Å². The normalized spacial score (nSPS) is 18.3. The largest absolute Gasteiger partial charge is 0.481 e. The molecule has 2 rings (SSSR count). The monoisotopic (exact) mass is 269 g/mol. The van der Waals surface area contributed by atoms with Gasteiger partial charge in [-0.25, -0.2) is 4.98 Å². The molecule has 1 fully saturated rings. The lowest BCUT2D eigenvalue weighted by molar-refractivity contribution is -0.00561. The van der Waals surface area contributed by atoms with Crippen molar-refractivity contribution >= 4 is 17.7 Å². The van der Waals surface area contributed by atoms with Crippen LogP contribution in [0.4, 0.5) is 5.95 Å². The summed E-state index contributed by atoms with van der Waals surface area (Å²) >= 11 is 1.98. The van der Waals surface area contributed by atoms with Crippen LogP contribution in [0.15, 0.2) is 12.3 Å². The van der Waals surface area contributed by atoms with Crippen LogP contribution >= 0.6 is 11.8 Å². The lowest BCUT2D eigenvalue weighted by Gasteiger charge is -2.35. The van der Waals surface area contributed by atoms with Crippen molar-refractivity contribution in [1.82, 2.24) is 9.97 Å². The van der Waals surface area contributed by atoms with Gasteiger partial charge in [-0.1, -0.05) is 0 Å². The summed E-state index contributed by atoms with van der Waals surface area (Å²) in [7, 11) is 3.38. The van der Waals surface area contributed by atoms with Crippen LogP contribution in [0.25, 0.3) is 0 Å². The lowest BCUT2D eigenvalue weighted by atomic mass is 9.96. The molecule has 0 unspecified atom stereocenters. The lowest BCUT2D eigenvalue weighted by Crippen LogP contribution is -2.42. The molecule has 1 N–H and O–H groups in total. The molecule has 18 heavy (non-hydrogen) atoms. The second-order valence-electron chi connectivity index (χ2n) is 4.28. The summed E-state index contributed by atoms with van der Waals surface area (Å²) in [4.78, 5) is 8.41. The van der Waals surface area contributed by atoms with Crippen LogP contribution in [0.2, 0.25) is 0 Å². The van der Waals surface area contributed by atoms with E-state index in [1.165, 1.54) is 0 Å². The molecule has 6 heteroatoms. The van der Waals surface area contributed by atoms with Crippen molar-refractivity contribution in [1.29, 1.82) is 0 Å². The van der Waals surface area contributed by atoms with E-state index in [1.807, 2.05) is 11.8 Å². The zero-order chi connectivity index (χ0) is 12.8. The first kappa shape index (κ1) is 13.4. The number of anilines is 1. The summed E-state index contributed by atoms with van der Waals surface area (Å²) < 4.78 is 10.8. The molecule has 1 aromatic rings. The average molecular weight is 269 g/mol. The first-order chi connectivity index (χ1) is 8.78. The Hall–Kier alpha value is -1.01. The standard InChI is InChI=1S/C12H19N3O2S/c1-16-10-3-6-13-11(15-10)14-9-12(17-2)4-7-18-8-5-12/h3,6H,4-5,7-9H2,1-2H3,(H,13,14,15). The van der Waals surface area contributed by atoms with Gasteiger partial charge in [0.1, 0.15) is 0 Å². The Kier molecular flexibility index (Phi) is 4.66. The van der Waals surface area contributed by atoms with Crippen molar-refractivity contribution in [2.45, 2.75) is 18.4 Å². The van der Waals surface area contributed by atoms with Crippen LogP contribution in [-0.4, -0.2) is 47.8 Å². The van der Waals surface area contributed by atoms with E-state index in [9.17, 15) is 0 Å². The zero-order valence-electron chi connectivity index (χ0n) is 10.8. The van der Waals surface area contributed by atoms with E-state index in [0.717, 1.165) is 30.9 Å². The fraction of sp³-hybridized carbons (Fsp3) is 0.667. The van der Waals surface area contributed by atoms with Gasteiger partial charge in [0, 0.05) is 25.9 Å². The molecule has 0 bridgehead atoms. The number of hydrogen-bond acceptors (Lipinski definition) is 6. The zero-order valence-corrected chi connectivity index (χ0v) is 11.6. The van der Waals surface area contributed by atoms with Gasteiger partial charge < -0.3 is 14.8 Å². The molecule has 0 aliphatic carbocycles. The number of thioether (sulfide) groups is 1. The van der Waals surface area contributed by atoms with E-state index >= 15 is 0 Å². The summed E-state index contributed by atoms with van der Waals surface area (Å²) in [6, 6.07) is 1.73. The second kappa shape index (κ2) is 6.24. The molecule has 0 saturated carbocycles. The maximum absolute atomic E-state index is 5.69. The second-order valence-corrected chi connectivity index (χ2v) is 5.50. The van der Waals surface area contributed by atoms with Crippen LogP contribution in [0.3, 0.4) is 0 Å². The molecule has 1 aliphatic heterocycles. The molecule has 0 spiro atoms. The molecule has 0 radical (unpaired) electrons. The van der Waals surface area contributed by atoms with E-state index in [2.05, 4.69) is 15.3 Å². The fourth-order valence-electron chi connectivity index (χ4n) is 1.98. The van der Waals surface area contributed by atoms with Gasteiger partial charge in [0.15, 0.2) is 0 Å². The van der Waals surface area contributed by atoms with Crippen LogP contribution in [-0.2, 0) is 4.74 Å². The van der Waals surface area contributed by atoms with Crippen LogP contribution < -0.4 is 10.1 Å². The van der Waals surface area contributed by atoms with Crippen LogP contribution in [0.1, 0.15) is 12.8 Å². The van der Waals surface area contributed by atoms with Gasteiger partial charge in [-0.3, -0.25) is 0 Å². The van der Waals surface area contributed by atoms with Gasteiger partial charge in [-0.05, 0) is 24.3 Å². The van der Waals surface area contributed by atoms with E-state index in [-0.39, 0.29) is 5.60 Å². The first-order valence-corrected chi connectivity index (χ1v) is 7.17. The predicted molar refractivity (Wildman–Crippen MR) is 73.4 cm³/mol. The van der Waals surface area contributed by atoms with Crippen molar-refractivity contribution < 1.29 is 9.47 Å². The predicted octanol–water partition coefficient (Wildman–Crippen LogP) is 1.81. The molecule has 1 aromatic heterocycles. The summed E-state index contributed by atoms with van der Waals surface area (Å²) in [5.41, 5.74) is -0.0856. The Bertz CT molecular complexity index is 383. The molecule has 1 saturated heterocycles. The Morgan fingerprint density at radius 2 is 2.17 bits per heavy atom. The molecule has 1 aliphatic rings. The molecule has 100 valence electrons. The quantitative estimate of drug-likeness (QED) is 0.880. The maximum atomic E-state index is 5.69. The highest BCUT2D eigenvalue weighted by atomic mass is 32.2. The highest BCUT2D eigenvalue weighted by molar-refractivity contribution is 7.99. The third kappa shape index (κ3) is 3.26. The highest BCUT2D eigenvalue weighted by Crippen LogP contribution is 2.30. The van der Waals surface area contributed by atoms with Crippen LogP contribution in [0, 0.1) is 0 Å². The number of aromatic nitrogens is 2. The smallest absolute Gasteiger partial charge is 0.226 e. The third-order valence-electron chi connectivity index (χ3n) is 3.24. The van der Waals surface area contributed by atoms with Crippen molar-refractivity contribution in [3.05, 3.63) is 12.3 Å². The van der Waals surface area contributed by atoms with Gasteiger partial charge >= 0.3 is 0 Å². The number of ether oxygens (including phenoxy) is 2. The number of methoxy groups -OCH3 is 2. The Labute approximate surface area is 112 Å². The van der Waals surface area contributed by atoms with Crippen molar-refractivity contribution in [3.8, 4) is 5.88 Å². The Balaban J connectivity index is 1.96. The molecule has 0 amide bonds. The van der Waals surface area contributed by atoms with Crippen LogP contribution in [0.5, 0.6) is 5.88 Å². The van der Waals surface area contributed by atoms with Gasteiger partial charge in [-0.2, -0.15) is 16.7 Å². The fourth-order valence-corrected chi connectivity index (χ4v) is 3.21. The van der Waals surface area contributed by atoms with E-state index < -0.39 is 0 Å². The van der Waals surface area contributed by atoms with Gasteiger partial charge in [0.25, 0.3) is 0 Å². The maximum Gasteiger partial charge on any atom is 0.226 e. The van der Waals surface area contributed by atoms with Crippen molar-refractivity contribution in [2.24, 2.45) is 0 Å². The number of hydrogen-bond donors (Lipinski definition) is 1. The molecular weight excluding hydrogens is 250 g/mol. The summed E-state index contributed by atoms with van der Waals surface area (Å²) in [5, 5.41) is 3.24. The molecule has 2 heterocycles.